The van der Waals surface area contributed by atoms with Crippen molar-refractivity contribution < 1.29 is 4.74 Å². The molecule has 3 heteroatoms. The van der Waals surface area contributed by atoms with Crippen molar-refractivity contribution in [1.82, 2.24) is 5.32 Å². The summed E-state index contributed by atoms with van der Waals surface area (Å²) in [5, 5.41) is 3.34. The second-order valence-corrected chi connectivity index (χ2v) is 6.11. The van der Waals surface area contributed by atoms with Crippen LogP contribution in [-0.4, -0.2) is 6.54 Å². The Labute approximate surface area is 135 Å². The fraction of sp³-hybridized carbons (Fsp3) is 0.333. The van der Waals surface area contributed by atoms with Crippen LogP contribution in [0.4, 0.5) is 0 Å². The molecule has 0 aliphatic heterocycles. The monoisotopic (exact) mass is 347 g/mol. The number of nitrogens with one attached hydrogen (secondary N) is 1. The zero-order valence-electron chi connectivity index (χ0n) is 12.9. The summed E-state index contributed by atoms with van der Waals surface area (Å²) in [6.45, 7) is 8.75. The fourth-order valence-corrected chi connectivity index (χ4v) is 2.54. The van der Waals surface area contributed by atoms with E-state index < -0.39 is 0 Å². The summed E-state index contributed by atoms with van der Waals surface area (Å²) in [4.78, 5) is 0. The molecule has 0 heterocycles. The Morgan fingerprint density at radius 1 is 1.05 bits per heavy atom. The molecule has 0 atom stereocenters. The molecular formula is C18H22BrNO. The topological polar surface area (TPSA) is 21.3 Å². The van der Waals surface area contributed by atoms with Crippen molar-refractivity contribution in [2.45, 2.75) is 33.9 Å². The van der Waals surface area contributed by atoms with Gasteiger partial charge in [0.15, 0.2) is 0 Å². The molecule has 0 spiro atoms. The van der Waals surface area contributed by atoms with Gasteiger partial charge < -0.3 is 10.1 Å². The number of ether oxygens (including phenoxy) is 1. The first-order valence-corrected chi connectivity index (χ1v) is 8.07. The Hall–Kier alpha value is -1.32. The number of hydrogen-bond donors (Lipinski definition) is 1. The molecule has 2 nitrogen and oxygen atoms in total. The fourth-order valence-electron chi connectivity index (χ4n) is 2.15. The van der Waals surface area contributed by atoms with Crippen molar-refractivity contribution in [3.05, 3.63) is 63.1 Å². The summed E-state index contributed by atoms with van der Waals surface area (Å²) < 4.78 is 7.07. The smallest absolute Gasteiger partial charge is 0.120 e. The molecular weight excluding hydrogens is 326 g/mol. The third-order valence-corrected chi connectivity index (χ3v) is 4.26. The van der Waals surface area contributed by atoms with Crippen molar-refractivity contribution in [3.8, 4) is 5.75 Å². The van der Waals surface area contributed by atoms with Crippen LogP contribution < -0.4 is 10.1 Å². The van der Waals surface area contributed by atoms with E-state index in [1.165, 1.54) is 22.3 Å². The molecule has 0 saturated carbocycles. The Morgan fingerprint density at radius 2 is 1.86 bits per heavy atom. The molecule has 0 unspecified atom stereocenters. The van der Waals surface area contributed by atoms with Gasteiger partial charge in [-0.15, -0.1) is 0 Å². The molecule has 0 amide bonds. The summed E-state index contributed by atoms with van der Waals surface area (Å²) >= 11 is 3.58. The molecule has 0 aliphatic rings. The van der Waals surface area contributed by atoms with Crippen molar-refractivity contribution >= 4 is 15.9 Å². The lowest BCUT2D eigenvalue weighted by Crippen LogP contribution is -2.12. The Bertz CT molecular complexity index is 610. The van der Waals surface area contributed by atoms with E-state index in [-0.39, 0.29) is 0 Å². The minimum absolute atomic E-state index is 0.607. The molecule has 2 rings (SSSR count). The van der Waals surface area contributed by atoms with Crippen LogP contribution in [-0.2, 0) is 13.2 Å². The Morgan fingerprint density at radius 3 is 2.62 bits per heavy atom. The van der Waals surface area contributed by atoms with Crippen LogP contribution in [0.3, 0.4) is 0 Å². The predicted octanol–water partition coefficient (Wildman–Crippen LogP) is 4.75. The molecule has 0 radical (unpaired) electrons. The van der Waals surface area contributed by atoms with Gasteiger partial charge in [0.05, 0.1) is 0 Å². The van der Waals surface area contributed by atoms with E-state index in [1.807, 2.05) is 12.1 Å². The maximum atomic E-state index is 5.95. The predicted molar refractivity (Wildman–Crippen MR) is 91.8 cm³/mol. The lowest BCUT2D eigenvalue weighted by Gasteiger charge is -2.12. The van der Waals surface area contributed by atoms with Gasteiger partial charge >= 0.3 is 0 Å². The number of aryl methyl sites for hydroxylation is 2. The molecule has 21 heavy (non-hydrogen) atoms. The van der Waals surface area contributed by atoms with Crippen molar-refractivity contribution in [2.24, 2.45) is 0 Å². The van der Waals surface area contributed by atoms with Crippen LogP contribution in [0.5, 0.6) is 5.75 Å². The highest BCUT2D eigenvalue weighted by atomic mass is 79.9. The quantitative estimate of drug-likeness (QED) is 0.813. The van der Waals surface area contributed by atoms with Gasteiger partial charge in [-0.25, -0.2) is 0 Å². The number of halogens is 1. The lowest BCUT2D eigenvalue weighted by atomic mass is 10.1. The van der Waals surface area contributed by atoms with Crippen LogP contribution in [0.2, 0.25) is 0 Å². The van der Waals surface area contributed by atoms with Crippen molar-refractivity contribution in [1.29, 1.82) is 0 Å². The third-order valence-electron chi connectivity index (χ3n) is 3.48. The first kappa shape index (κ1) is 16.1. The van der Waals surface area contributed by atoms with Crippen LogP contribution in [0.25, 0.3) is 0 Å². The second kappa shape index (κ2) is 7.62. The highest BCUT2D eigenvalue weighted by molar-refractivity contribution is 9.10. The average Bonchev–Trinajstić information content (AvgIpc) is 2.48. The van der Waals surface area contributed by atoms with E-state index in [4.69, 9.17) is 4.74 Å². The summed E-state index contributed by atoms with van der Waals surface area (Å²) in [6, 6.07) is 12.6. The molecule has 0 bridgehead atoms. The SMILES string of the molecule is CCNCc1cc(OCc2cc(C)ccc2C)ccc1Br. The molecule has 112 valence electrons. The molecule has 0 fully saturated rings. The summed E-state index contributed by atoms with van der Waals surface area (Å²) in [6.07, 6.45) is 0. The normalized spacial score (nSPS) is 10.7. The van der Waals surface area contributed by atoms with Crippen molar-refractivity contribution in [2.75, 3.05) is 6.54 Å². The third kappa shape index (κ3) is 4.58. The maximum Gasteiger partial charge on any atom is 0.120 e. The molecule has 2 aromatic carbocycles. The van der Waals surface area contributed by atoms with Gasteiger partial charge in [0.2, 0.25) is 0 Å². The number of benzene rings is 2. The Kier molecular flexibility index (Phi) is 5.83. The largest absolute Gasteiger partial charge is 0.489 e. The van der Waals surface area contributed by atoms with Gasteiger partial charge in [-0.1, -0.05) is 46.6 Å². The molecule has 1 N–H and O–H groups in total. The lowest BCUT2D eigenvalue weighted by molar-refractivity contribution is 0.305. The highest BCUT2D eigenvalue weighted by Crippen LogP contribution is 2.23. The van der Waals surface area contributed by atoms with Gasteiger partial charge in [-0.05, 0) is 55.3 Å². The summed E-state index contributed by atoms with van der Waals surface area (Å²) in [5.41, 5.74) is 5.00. The van der Waals surface area contributed by atoms with E-state index in [1.54, 1.807) is 0 Å². The van der Waals surface area contributed by atoms with Gasteiger partial charge in [0.25, 0.3) is 0 Å². The minimum atomic E-state index is 0.607. The van der Waals surface area contributed by atoms with Crippen LogP contribution in [0.15, 0.2) is 40.9 Å². The van der Waals surface area contributed by atoms with Gasteiger partial charge in [0, 0.05) is 11.0 Å². The molecule has 0 saturated heterocycles. The standard InChI is InChI=1S/C18H22BrNO/c1-4-20-11-15-10-17(7-8-18(15)19)21-12-16-9-13(2)5-6-14(16)3/h5-10,20H,4,11-12H2,1-3H3. The van der Waals surface area contributed by atoms with E-state index in [9.17, 15) is 0 Å². The molecule has 2 aromatic rings. The highest BCUT2D eigenvalue weighted by Gasteiger charge is 2.04. The molecule has 0 aliphatic carbocycles. The van der Waals surface area contributed by atoms with E-state index in [2.05, 4.69) is 66.3 Å². The van der Waals surface area contributed by atoms with Gasteiger partial charge in [-0.3, -0.25) is 0 Å². The summed E-state index contributed by atoms with van der Waals surface area (Å²) in [7, 11) is 0. The van der Waals surface area contributed by atoms with Gasteiger partial charge in [0.1, 0.15) is 12.4 Å². The Balaban J connectivity index is 2.07. The molecule has 0 aromatic heterocycles. The first-order valence-electron chi connectivity index (χ1n) is 7.28. The zero-order valence-corrected chi connectivity index (χ0v) is 14.5. The van der Waals surface area contributed by atoms with Crippen LogP contribution >= 0.6 is 15.9 Å². The van der Waals surface area contributed by atoms with Crippen molar-refractivity contribution in [3.63, 3.8) is 0 Å². The zero-order chi connectivity index (χ0) is 15.2. The second-order valence-electron chi connectivity index (χ2n) is 5.25. The minimum Gasteiger partial charge on any atom is -0.489 e. The number of rotatable bonds is 6. The maximum absolute atomic E-state index is 5.95. The van der Waals surface area contributed by atoms with Crippen LogP contribution in [0, 0.1) is 13.8 Å². The summed E-state index contributed by atoms with van der Waals surface area (Å²) in [5.74, 6) is 0.909. The van der Waals surface area contributed by atoms with E-state index in [0.717, 1.165) is 23.3 Å². The van der Waals surface area contributed by atoms with E-state index in [0.29, 0.717) is 6.61 Å². The van der Waals surface area contributed by atoms with Crippen LogP contribution in [0.1, 0.15) is 29.2 Å². The van der Waals surface area contributed by atoms with Gasteiger partial charge in [-0.2, -0.15) is 0 Å². The first-order chi connectivity index (χ1) is 10.1. The van der Waals surface area contributed by atoms with E-state index >= 15 is 0 Å². The average molecular weight is 348 g/mol. The number of hydrogen-bond acceptors (Lipinski definition) is 2.